The molecule has 10 heteroatoms. The third-order valence-electron chi connectivity index (χ3n) is 5.59. The van der Waals surface area contributed by atoms with Crippen LogP contribution >= 0.6 is 0 Å². The summed E-state index contributed by atoms with van der Waals surface area (Å²) in [6.07, 6.45) is 2.95. The number of carbonyl (C=O) groups is 1. The third-order valence-corrected chi connectivity index (χ3v) is 5.59. The van der Waals surface area contributed by atoms with Crippen molar-refractivity contribution in [3.05, 3.63) is 108 Å². The number of amides is 1. The van der Waals surface area contributed by atoms with E-state index in [-0.39, 0.29) is 35.1 Å². The fraction of sp³-hybridized carbons (Fsp3) is 0.0370. The van der Waals surface area contributed by atoms with E-state index in [1.807, 2.05) is 6.07 Å². The Bertz CT molecular complexity index is 1670. The highest BCUT2D eigenvalue weighted by atomic mass is 16.3. The maximum atomic E-state index is 13.1. The lowest BCUT2D eigenvalue weighted by Crippen LogP contribution is -2.12. The van der Waals surface area contributed by atoms with Crippen molar-refractivity contribution in [2.24, 2.45) is 10.2 Å². The number of aromatic nitrogens is 3. The van der Waals surface area contributed by atoms with Crippen LogP contribution in [0.2, 0.25) is 0 Å². The summed E-state index contributed by atoms with van der Waals surface area (Å²) in [4.78, 5) is 20.8. The number of aliphatic hydroxyl groups excluding tert-OH is 1. The zero-order valence-electron chi connectivity index (χ0n) is 19.3. The first-order valence-corrected chi connectivity index (χ1v) is 11.1. The second-order valence-electron chi connectivity index (χ2n) is 7.92. The highest BCUT2D eigenvalue weighted by Gasteiger charge is 2.20. The minimum Gasteiger partial charge on any atom is -0.505 e. The van der Waals surface area contributed by atoms with E-state index in [4.69, 9.17) is 6.57 Å². The molecule has 0 fully saturated rings. The van der Waals surface area contributed by atoms with Crippen molar-refractivity contribution in [3.63, 3.8) is 0 Å². The Balaban J connectivity index is 1.58. The first-order chi connectivity index (χ1) is 18.1. The van der Waals surface area contributed by atoms with Crippen LogP contribution < -0.4 is 5.32 Å². The molecule has 10 nitrogen and oxygen atoms in total. The summed E-state index contributed by atoms with van der Waals surface area (Å²) < 4.78 is 1.38. The molecule has 0 aliphatic rings. The molecule has 3 N–H and O–H groups in total. The Labute approximate surface area is 211 Å². The standard InChI is InChI=1S/C27H19N7O3/c1-28-22-15-30-34(23-8-4-5-13-29-23)26(22)33-32-24-20-7-3-2-6-18(20)14-21(25(24)36)27(37)31-19-11-9-17(16-35)10-12-19/h2-15,35-36H,16H2,(H,31,37)/b33-32+. The lowest BCUT2D eigenvalue weighted by atomic mass is 10.0. The number of hydrogen-bond acceptors (Lipinski definition) is 7. The lowest BCUT2D eigenvalue weighted by molar-refractivity contribution is 0.102. The van der Waals surface area contributed by atoms with Gasteiger partial charge in [0.05, 0.1) is 24.9 Å². The Morgan fingerprint density at radius 1 is 1.05 bits per heavy atom. The molecule has 2 aromatic heterocycles. The van der Waals surface area contributed by atoms with Crippen molar-refractivity contribution in [1.82, 2.24) is 14.8 Å². The Hall–Kier alpha value is -5.40. The topological polar surface area (TPSA) is 129 Å². The van der Waals surface area contributed by atoms with Gasteiger partial charge in [0.1, 0.15) is 5.69 Å². The van der Waals surface area contributed by atoms with Crippen LogP contribution in [-0.4, -0.2) is 30.9 Å². The van der Waals surface area contributed by atoms with E-state index >= 15 is 0 Å². The van der Waals surface area contributed by atoms with Crippen molar-refractivity contribution in [2.45, 2.75) is 6.61 Å². The number of fused-ring (bicyclic) bond motifs is 1. The number of anilines is 1. The molecule has 1 amide bonds. The summed E-state index contributed by atoms with van der Waals surface area (Å²) in [5.74, 6) is -0.325. The van der Waals surface area contributed by atoms with Crippen LogP contribution in [0.1, 0.15) is 15.9 Å². The van der Waals surface area contributed by atoms with E-state index < -0.39 is 5.91 Å². The smallest absolute Gasteiger partial charge is 0.259 e. The number of benzene rings is 3. The van der Waals surface area contributed by atoms with Gasteiger partial charge in [-0.1, -0.05) is 42.5 Å². The van der Waals surface area contributed by atoms with Crippen molar-refractivity contribution in [1.29, 1.82) is 0 Å². The molecule has 0 aliphatic heterocycles. The molecular weight excluding hydrogens is 470 g/mol. The largest absolute Gasteiger partial charge is 0.505 e. The summed E-state index contributed by atoms with van der Waals surface area (Å²) in [6.45, 7) is 7.36. The molecule has 0 saturated heterocycles. The van der Waals surface area contributed by atoms with Crippen LogP contribution in [0.3, 0.4) is 0 Å². The number of azo groups is 1. The van der Waals surface area contributed by atoms with E-state index in [9.17, 15) is 15.0 Å². The molecule has 180 valence electrons. The summed E-state index contributed by atoms with van der Waals surface area (Å²) in [6, 6.07) is 20.7. The molecule has 0 aliphatic carbocycles. The number of carbonyl (C=O) groups excluding carboxylic acids is 1. The van der Waals surface area contributed by atoms with Crippen molar-refractivity contribution in [2.75, 3.05) is 5.32 Å². The second kappa shape index (κ2) is 10.1. The Kier molecular flexibility index (Phi) is 6.35. The first kappa shape index (κ1) is 23.3. The molecule has 0 bridgehead atoms. The quantitative estimate of drug-likeness (QED) is 0.204. The zero-order valence-corrected chi connectivity index (χ0v) is 19.3. The highest BCUT2D eigenvalue weighted by Crippen LogP contribution is 2.40. The van der Waals surface area contributed by atoms with Crippen LogP contribution in [0.15, 0.2) is 95.4 Å². The summed E-state index contributed by atoms with van der Waals surface area (Å²) in [5.41, 5.74) is 1.43. The third kappa shape index (κ3) is 4.62. The fourth-order valence-corrected chi connectivity index (χ4v) is 3.73. The SMILES string of the molecule is [C-]#[N+]c1cnn(-c2ccccn2)c1/N=N/c1c(O)c(C(=O)Nc2ccc(CO)cc2)cc2ccccc12. The summed E-state index contributed by atoms with van der Waals surface area (Å²) >= 11 is 0. The second-order valence-corrected chi connectivity index (χ2v) is 7.92. The molecule has 3 aromatic carbocycles. The molecule has 5 aromatic rings. The predicted octanol–water partition coefficient (Wildman–Crippen LogP) is 5.84. The first-order valence-electron chi connectivity index (χ1n) is 11.1. The van der Waals surface area contributed by atoms with Crippen LogP contribution in [0.25, 0.3) is 21.4 Å². The van der Waals surface area contributed by atoms with Crippen LogP contribution in [-0.2, 0) is 6.61 Å². The lowest BCUT2D eigenvalue weighted by Gasteiger charge is -2.11. The van der Waals surface area contributed by atoms with Gasteiger partial charge in [-0.15, -0.1) is 10.2 Å². The van der Waals surface area contributed by atoms with Gasteiger partial charge in [-0.2, -0.15) is 5.10 Å². The maximum Gasteiger partial charge on any atom is 0.259 e. The number of hydrogen-bond donors (Lipinski definition) is 3. The van der Waals surface area contributed by atoms with Crippen molar-refractivity contribution < 1.29 is 15.0 Å². The number of phenolic OH excluding ortho intramolecular Hbond substituents is 1. The van der Waals surface area contributed by atoms with Crippen LogP contribution in [0, 0.1) is 6.57 Å². The molecule has 5 rings (SSSR count). The zero-order chi connectivity index (χ0) is 25.8. The van der Waals surface area contributed by atoms with E-state index in [1.54, 1.807) is 72.9 Å². The van der Waals surface area contributed by atoms with Gasteiger partial charge < -0.3 is 15.5 Å². The Morgan fingerprint density at radius 3 is 2.57 bits per heavy atom. The summed E-state index contributed by atoms with van der Waals surface area (Å²) in [5, 5.41) is 37.1. The number of aromatic hydroxyl groups is 1. The van der Waals surface area contributed by atoms with E-state index in [2.05, 4.69) is 30.5 Å². The molecule has 0 spiro atoms. The van der Waals surface area contributed by atoms with Crippen LogP contribution in [0.5, 0.6) is 5.75 Å². The van der Waals surface area contributed by atoms with Gasteiger partial charge >= 0.3 is 0 Å². The molecule has 2 heterocycles. The fourth-order valence-electron chi connectivity index (χ4n) is 3.73. The number of phenols is 1. The van der Waals surface area contributed by atoms with Crippen LogP contribution in [0.4, 0.5) is 22.9 Å². The van der Waals surface area contributed by atoms with Gasteiger partial charge in [-0.25, -0.2) is 14.5 Å². The predicted molar refractivity (Wildman–Crippen MR) is 138 cm³/mol. The van der Waals surface area contributed by atoms with E-state index in [0.29, 0.717) is 27.8 Å². The maximum absolute atomic E-state index is 13.1. The molecule has 0 saturated carbocycles. The average Bonchev–Trinajstić information content (AvgIpc) is 3.36. The molecular formula is C27H19N7O3. The van der Waals surface area contributed by atoms with Gasteiger partial charge in [-0.05, 0) is 41.3 Å². The molecule has 0 radical (unpaired) electrons. The normalized spacial score (nSPS) is 11.0. The average molecular weight is 489 g/mol. The molecule has 37 heavy (non-hydrogen) atoms. The highest BCUT2D eigenvalue weighted by molar-refractivity contribution is 6.11. The van der Waals surface area contributed by atoms with E-state index in [0.717, 1.165) is 0 Å². The Morgan fingerprint density at radius 2 is 1.84 bits per heavy atom. The van der Waals surface area contributed by atoms with Crippen molar-refractivity contribution >= 4 is 39.6 Å². The number of nitrogens with one attached hydrogen (secondary N) is 1. The van der Waals surface area contributed by atoms with Gasteiger partial charge in [0.15, 0.2) is 17.4 Å². The number of rotatable bonds is 6. The monoisotopic (exact) mass is 489 g/mol. The number of nitrogens with zero attached hydrogens (tertiary/aromatic N) is 6. The molecule has 0 unspecified atom stereocenters. The van der Waals surface area contributed by atoms with Crippen molar-refractivity contribution in [3.8, 4) is 11.6 Å². The number of aliphatic hydroxyl groups is 1. The van der Waals surface area contributed by atoms with Gasteiger partial charge in [0, 0.05) is 17.3 Å². The minimum atomic E-state index is -0.545. The molecule has 0 atom stereocenters. The van der Waals surface area contributed by atoms with E-state index in [1.165, 1.54) is 10.9 Å². The van der Waals surface area contributed by atoms with Gasteiger partial charge in [0.2, 0.25) is 0 Å². The summed E-state index contributed by atoms with van der Waals surface area (Å²) in [7, 11) is 0. The van der Waals surface area contributed by atoms with Gasteiger partial charge in [-0.3, -0.25) is 4.79 Å². The number of pyridine rings is 1. The minimum absolute atomic E-state index is 0.00233. The van der Waals surface area contributed by atoms with Gasteiger partial charge in [0.25, 0.3) is 11.6 Å².